The highest BCUT2D eigenvalue weighted by molar-refractivity contribution is 7.92. The monoisotopic (exact) mass is 442 g/mol. The summed E-state index contributed by atoms with van der Waals surface area (Å²) >= 11 is 1.54. The van der Waals surface area contributed by atoms with Gasteiger partial charge in [0.05, 0.1) is 16.4 Å². The van der Waals surface area contributed by atoms with Gasteiger partial charge in [0.1, 0.15) is 5.75 Å². The zero-order chi connectivity index (χ0) is 21.1. The fraction of sp³-hybridized carbons (Fsp3) is 0.227. The molecule has 2 N–H and O–H groups in total. The maximum atomic E-state index is 12.6. The van der Waals surface area contributed by atoms with Gasteiger partial charge in [-0.15, -0.1) is 11.3 Å². The highest BCUT2D eigenvalue weighted by Crippen LogP contribution is 2.31. The molecule has 2 aromatic carbocycles. The number of nitrogens with one attached hydrogen (secondary N) is 2. The first kappa shape index (κ1) is 20.4. The Labute approximate surface area is 180 Å². The molecule has 1 aliphatic rings. The van der Waals surface area contributed by atoms with Crippen LogP contribution in [0.25, 0.3) is 0 Å². The molecule has 30 heavy (non-hydrogen) atoms. The summed E-state index contributed by atoms with van der Waals surface area (Å²) < 4.78 is 33.1. The number of fused-ring (bicyclic) bond motifs is 1. The molecule has 3 aromatic rings. The first-order valence-electron chi connectivity index (χ1n) is 9.73. The van der Waals surface area contributed by atoms with Crippen molar-refractivity contribution in [3.63, 3.8) is 0 Å². The van der Waals surface area contributed by atoms with E-state index in [-0.39, 0.29) is 10.8 Å². The molecule has 4 rings (SSSR count). The van der Waals surface area contributed by atoms with Gasteiger partial charge in [0, 0.05) is 16.3 Å². The molecule has 1 heterocycles. The zero-order valence-corrected chi connectivity index (χ0v) is 18.1. The van der Waals surface area contributed by atoms with E-state index in [1.54, 1.807) is 36.4 Å². The van der Waals surface area contributed by atoms with Crippen LogP contribution in [0.5, 0.6) is 5.75 Å². The Kier molecular flexibility index (Phi) is 5.78. The van der Waals surface area contributed by atoms with Crippen molar-refractivity contribution in [2.24, 2.45) is 0 Å². The smallest absolute Gasteiger partial charge is 0.265 e. The van der Waals surface area contributed by atoms with Crippen LogP contribution in [0.15, 0.2) is 59.5 Å². The lowest BCUT2D eigenvalue weighted by atomic mass is 10.2. The van der Waals surface area contributed by atoms with E-state index in [1.165, 1.54) is 33.9 Å². The second-order valence-electron chi connectivity index (χ2n) is 6.95. The predicted octanol–water partition coefficient (Wildman–Crippen LogP) is 4.69. The van der Waals surface area contributed by atoms with E-state index in [2.05, 4.69) is 10.0 Å². The minimum Gasteiger partial charge on any atom is -0.494 e. The van der Waals surface area contributed by atoms with Crippen LogP contribution in [-0.2, 0) is 22.9 Å². The maximum Gasteiger partial charge on any atom is 0.265 e. The molecule has 1 amide bonds. The number of thiophene rings is 1. The summed E-state index contributed by atoms with van der Waals surface area (Å²) in [5.74, 6) is 0.508. The van der Waals surface area contributed by atoms with Crippen LogP contribution in [0.4, 0.5) is 11.4 Å². The van der Waals surface area contributed by atoms with Crippen molar-refractivity contribution in [1.82, 2.24) is 0 Å². The van der Waals surface area contributed by atoms with E-state index in [9.17, 15) is 13.2 Å². The first-order chi connectivity index (χ1) is 14.4. The molecule has 0 spiro atoms. The Bertz CT molecular complexity index is 1130. The molecular formula is C22H22N2O4S2. The summed E-state index contributed by atoms with van der Waals surface area (Å²) in [6.45, 7) is 2.43. The van der Waals surface area contributed by atoms with E-state index < -0.39 is 10.0 Å². The van der Waals surface area contributed by atoms with Gasteiger partial charge >= 0.3 is 0 Å². The van der Waals surface area contributed by atoms with Crippen LogP contribution < -0.4 is 14.8 Å². The number of carbonyl (C=O) groups excluding carboxylic acids is 1. The number of hydrogen-bond acceptors (Lipinski definition) is 5. The van der Waals surface area contributed by atoms with E-state index in [0.717, 1.165) is 19.3 Å². The first-order valence-corrected chi connectivity index (χ1v) is 12.0. The largest absolute Gasteiger partial charge is 0.494 e. The Hall–Kier alpha value is -2.84. The number of aryl methyl sites for hydroxylation is 2. The summed E-state index contributed by atoms with van der Waals surface area (Å²) in [7, 11) is -3.74. The fourth-order valence-electron chi connectivity index (χ4n) is 3.35. The van der Waals surface area contributed by atoms with Crippen molar-refractivity contribution in [3.8, 4) is 5.75 Å². The van der Waals surface area contributed by atoms with Gasteiger partial charge in [-0.3, -0.25) is 9.52 Å². The maximum absolute atomic E-state index is 12.6. The lowest BCUT2D eigenvalue weighted by molar-refractivity contribution is 0.103. The minimum atomic E-state index is -3.74. The highest BCUT2D eigenvalue weighted by Gasteiger charge is 2.19. The van der Waals surface area contributed by atoms with E-state index in [4.69, 9.17) is 4.74 Å². The summed E-state index contributed by atoms with van der Waals surface area (Å²) in [5, 5.41) is 2.84. The number of benzene rings is 2. The van der Waals surface area contributed by atoms with Gasteiger partial charge in [0.2, 0.25) is 0 Å². The van der Waals surface area contributed by atoms with Gasteiger partial charge in [-0.25, -0.2) is 8.42 Å². The molecule has 6 nitrogen and oxygen atoms in total. The zero-order valence-electron chi connectivity index (χ0n) is 16.5. The van der Waals surface area contributed by atoms with Crippen molar-refractivity contribution in [3.05, 3.63) is 69.9 Å². The molecule has 1 aromatic heterocycles. The van der Waals surface area contributed by atoms with E-state index in [1.807, 2.05) is 13.0 Å². The van der Waals surface area contributed by atoms with Crippen LogP contribution in [0.1, 0.15) is 33.5 Å². The van der Waals surface area contributed by atoms with Crippen LogP contribution in [0.2, 0.25) is 0 Å². The van der Waals surface area contributed by atoms with Crippen molar-refractivity contribution in [2.45, 2.75) is 31.1 Å². The van der Waals surface area contributed by atoms with Crippen LogP contribution >= 0.6 is 11.3 Å². The molecule has 1 aliphatic carbocycles. The number of carbonyl (C=O) groups is 1. The SMILES string of the molecule is CCOc1ccc(NS(=O)(=O)c2ccc(NC(=O)c3cc4c(s3)CCC4)cc2)cc1. The number of ether oxygens (including phenoxy) is 1. The fourth-order valence-corrected chi connectivity index (χ4v) is 5.56. The van der Waals surface area contributed by atoms with Gasteiger partial charge in [-0.1, -0.05) is 0 Å². The van der Waals surface area contributed by atoms with Gasteiger partial charge in [-0.2, -0.15) is 0 Å². The quantitative estimate of drug-likeness (QED) is 0.556. The topological polar surface area (TPSA) is 84.5 Å². The van der Waals surface area contributed by atoms with Crippen molar-refractivity contribution in [1.29, 1.82) is 0 Å². The second-order valence-corrected chi connectivity index (χ2v) is 9.77. The molecule has 0 radical (unpaired) electrons. The Morgan fingerprint density at radius 2 is 1.73 bits per heavy atom. The summed E-state index contributed by atoms with van der Waals surface area (Å²) in [4.78, 5) is 14.6. The molecule has 8 heteroatoms. The molecule has 0 bridgehead atoms. The Morgan fingerprint density at radius 3 is 2.40 bits per heavy atom. The predicted molar refractivity (Wildman–Crippen MR) is 119 cm³/mol. The highest BCUT2D eigenvalue weighted by atomic mass is 32.2. The van der Waals surface area contributed by atoms with Crippen LogP contribution in [0.3, 0.4) is 0 Å². The molecular weight excluding hydrogens is 420 g/mol. The van der Waals surface area contributed by atoms with Crippen molar-refractivity contribution < 1.29 is 17.9 Å². The number of sulfonamides is 1. The molecule has 0 saturated heterocycles. The van der Waals surface area contributed by atoms with Gasteiger partial charge in [-0.05, 0) is 86.3 Å². The molecule has 0 unspecified atom stereocenters. The molecule has 0 fully saturated rings. The average Bonchev–Trinajstić information content (AvgIpc) is 3.32. The summed E-state index contributed by atoms with van der Waals surface area (Å²) in [6, 6.07) is 14.8. The third-order valence-corrected chi connectivity index (χ3v) is 7.44. The van der Waals surface area contributed by atoms with Gasteiger partial charge in [0.15, 0.2) is 0 Å². The van der Waals surface area contributed by atoms with E-state index >= 15 is 0 Å². The number of hydrogen-bond donors (Lipinski definition) is 2. The van der Waals surface area contributed by atoms with Crippen LogP contribution in [0, 0.1) is 0 Å². The number of amides is 1. The average molecular weight is 443 g/mol. The molecule has 0 atom stereocenters. The normalized spacial score (nSPS) is 13.0. The van der Waals surface area contributed by atoms with Gasteiger partial charge < -0.3 is 10.1 Å². The van der Waals surface area contributed by atoms with Crippen LogP contribution in [-0.4, -0.2) is 20.9 Å². The molecule has 156 valence electrons. The lowest BCUT2D eigenvalue weighted by Gasteiger charge is -2.10. The van der Waals surface area contributed by atoms with E-state index in [0.29, 0.717) is 28.6 Å². The van der Waals surface area contributed by atoms with Crippen molar-refractivity contribution in [2.75, 3.05) is 16.6 Å². The van der Waals surface area contributed by atoms with Gasteiger partial charge in [0.25, 0.3) is 15.9 Å². The third-order valence-electron chi connectivity index (χ3n) is 4.81. The summed E-state index contributed by atoms with van der Waals surface area (Å²) in [5.41, 5.74) is 2.27. The van der Waals surface area contributed by atoms with Crippen molar-refractivity contribution >= 4 is 38.6 Å². The third kappa shape index (κ3) is 4.49. The Balaban J connectivity index is 1.42. The second kappa shape index (κ2) is 8.49. The Morgan fingerprint density at radius 1 is 1.03 bits per heavy atom. The number of anilines is 2. The standard InChI is InChI=1S/C22H22N2O4S2/c1-2-28-18-10-6-17(7-11-18)24-30(26,27)19-12-8-16(9-13-19)23-22(25)21-14-15-4-3-5-20(15)29-21/h6-14,24H,2-5H2,1H3,(H,23,25). The molecule has 0 saturated carbocycles. The number of rotatable bonds is 7. The lowest BCUT2D eigenvalue weighted by Crippen LogP contribution is -2.13. The molecule has 0 aliphatic heterocycles. The summed E-state index contributed by atoms with van der Waals surface area (Å²) in [6.07, 6.45) is 3.23. The minimum absolute atomic E-state index is 0.115.